The topological polar surface area (TPSA) is 76.6 Å². The largest absolute Gasteiger partial charge is 0.356 e. The van der Waals surface area contributed by atoms with Crippen LogP contribution in [0.25, 0.3) is 0 Å². The molecule has 2 aliphatic heterocycles. The van der Waals surface area contributed by atoms with E-state index in [1.54, 1.807) is 0 Å². The monoisotopic (exact) mass is 600 g/mol. The maximum absolute atomic E-state index is 13.2. The van der Waals surface area contributed by atoms with Crippen LogP contribution in [-0.2, 0) is 21.6 Å². The molecule has 3 heterocycles. The van der Waals surface area contributed by atoms with Crippen LogP contribution in [0.3, 0.4) is 0 Å². The van der Waals surface area contributed by atoms with Crippen molar-refractivity contribution >= 4 is 35.1 Å². The number of nitrogens with zero attached hydrogens (tertiary/aromatic N) is 3. The number of rotatable bonds is 9. The molecule has 1 atom stereocenters. The fourth-order valence-corrected chi connectivity index (χ4v) is 6.44. The van der Waals surface area contributed by atoms with E-state index in [2.05, 4.69) is 39.5 Å². The highest BCUT2D eigenvalue weighted by molar-refractivity contribution is 7.98. The normalized spacial score (nSPS) is 16.8. The van der Waals surface area contributed by atoms with E-state index < -0.39 is 5.79 Å². The summed E-state index contributed by atoms with van der Waals surface area (Å²) in [6, 6.07) is 29.7. The molecule has 1 amide bonds. The number of hydrogen-bond donors (Lipinski definition) is 1. The Kier molecular flexibility index (Phi) is 9.05. The van der Waals surface area contributed by atoms with Crippen molar-refractivity contribution in [2.45, 2.75) is 42.0 Å². The van der Waals surface area contributed by atoms with E-state index in [9.17, 15) is 4.79 Å². The molecule has 6 rings (SSSR count). The fourth-order valence-electron chi connectivity index (χ4n) is 5.40. The fraction of sp³-hybridized carbons (Fsp3) is 0.303. The molecule has 4 aromatic rings. The number of halogens is 1. The summed E-state index contributed by atoms with van der Waals surface area (Å²) in [5, 5.41) is 4.28. The van der Waals surface area contributed by atoms with Crippen LogP contribution in [-0.4, -0.2) is 48.0 Å². The zero-order chi connectivity index (χ0) is 28.8. The van der Waals surface area contributed by atoms with Gasteiger partial charge in [0.05, 0.1) is 19.3 Å². The Morgan fingerprint density at radius 1 is 0.905 bits per heavy atom. The van der Waals surface area contributed by atoms with Gasteiger partial charge in [-0.15, -0.1) is 0 Å². The minimum atomic E-state index is -0.432. The van der Waals surface area contributed by atoms with Gasteiger partial charge in [-0.25, -0.2) is 9.97 Å². The van der Waals surface area contributed by atoms with Gasteiger partial charge in [-0.05, 0) is 35.2 Å². The van der Waals surface area contributed by atoms with E-state index in [4.69, 9.17) is 26.1 Å². The lowest BCUT2D eigenvalue weighted by molar-refractivity contribution is -0.169. The molecule has 9 heteroatoms. The molecule has 2 saturated heterocycles. The van der Waals surface area contributed by atoms with Gasteiger partial charge in [-0.1, -0.05) is 96.2 Å². The third-order valence-electron chi connectivity index (χ3n) is 7.70. The molecule has 3 aromatic carbocycles. The quantitative estimate of drug-likeness (QED) is 0.134. The number of carbonyl (C=O) groups excluding carboxylic acids is 1. The molecule has 1 unspecified atom stereocenters. The predicted octanol–water partition coefficient (Wildman–Crippen LogP) is 6.48. The highest BCUT2D eigenvalue weighted by Crippen LogP contribution is 2.34. The Morgan fingerprint density at radius 2 is 1.57 bits per heavy atom. The number of nitrogens with one attached hydrogen (secondary N) is 1. The molecule has 216 valence electrons. The summed E-state index contributed by atoms with van der Waals surface area (Å²) in [5.74, 6) is 0.949. The third-order valence-corrected chi connectivity index (χ3v) is 8.81. The van der Waals surface area contributed by atoms with E-state index in [0.717, 1.165) is 42.9 Å². The number of amides is 1. The van der Waals surface area contributed by atoms with Gasteiger partial charge in [0.1, 0.15) is 11.0 Å². The number of aromatic nitrogens is 2. The highest BCUT2D eigenvalue weighted by Gasteiger charge is 2.40. The van der Waals surface area contributed by atoms with E-state index in [1.165, 1.54) is 17.3 Å². The van der Waals surface area contributed by atoms with Crippen LogP contribution in [0, 0.1) is 0 Å². The molecular weight excluding hydrogens is 568 g/mol. The first-order chi connectivity index (χ1) is 20.6. The van der Waals surface area contributed by atoms with Gasteiger partial charge >= 0.3 is 0 Å². The minimum absolute atomic E-state index is 0.0986. The van der Waals surface area contributed by atoms with Crippen LogP contribution >= 0.6 is 23.4 Å². The summed E-state index contributed by atoms with van der Waals surface area (Å²) in [6.07, 6.45) is 2.32. The summed E-state index contributed by atoms with van der Waals surface area (Å²) in [7, 11) is 0. The molecule has 2 fully saturated rings. The van der Waals surface area contributed by atoms with Crippen LogP contribution in [0.2, 0.25) is 5.15 Å². The van der Waals surface area contributed by atoms with Gasteiger partial charge in [0.25, 0.3) is 5.91 Å². The van der Waals surface area contributed by atoms with Crippen LogP contribution < -0.4 is 10.2 Å². The molecule has 2 aliphatic rings. The van der Waals surface area contributed by atoms with Crippen molar-refractivity contribution in [1.29, 1.82) is 0 Å². The number of anilines is 1. The second-order valence-corrected chi connectivity index (χ2v) is 11.9. The average Bonchev–Trinajstić information content (AvgIpc) is 3.48. The molecule has 1 N–H and O–H groups in total. The number of thioether (sulfide) groups is 1. The molecule has 7 nitrogen and oxygen atoms in total. The van der Waals surface area contributed by atoms with Crippen molar-refractivity contribution in [2.75, 3.05) is 31.2 Å². The zero-order valence-corrected chi connectivity index (χ0v) is 24.8. The lowest BCUT2D eigenvalue weighted by Gasteiger charge is -2.38. The Hall–Kier alpha value is -3.43. The van der Waals surface area contributed by atoms with Crippen molar-refractivity contribution < 1.29 is 14.3 Å². The third kappa shape index (κ3) is 7.13. The van der Waals surface area contributed by atoms with Crippen LogP contribution in [0.4, 0.5) is 5.82 Å². The number of hydrogen-bond acceptors (Lipinski definition) is 7. The van der Waals surface area contributed by atoms with Gasteiger partial charge in [-0.3, -0.25) is 4.79 Å². The summed E-state index contributed by atoms with van der Waals surface area (Å²) < 4.78 is 11.7. The Bertz CT molecular complexity index is 1470. The van der Waals surface area contributed by atoms with Gasteiger partial charge in [0.2, 0.25) is 0 Å². The number of ether oxygens (including phenoxy) is 2. The van der Waals surface area contributed by atoms with Gasteiger partial charge in [0.15, 0.2) is 10.9 Å². The van der Waals surface area contributed by atoms with E-state index >= 15 is 0 Å². The highest BCUT2D eigenvalue weighted by atomic mass is 35.5. The van der Waals surface area contributed by atoms with E-state index in [-0.39, 0.29) is 11.9 Å². The van der Waals surface area contributed by atoms with Crippen LogP contribution in [0.5, 0.6) is 0 Å². The number of piperidine rings is 1. The summed E-state index contributed by atoms with van der Waals surface area (Å²) >= 11 is 7.90. The molecule has 0 radical (unpaired) electrons. The smallest absolute Gasteiger partial charge is 0.251 e. The van der Waals surface area contributed by atoms with Crippen molar-refractivity contribution in [3.8, 4) is 0 Å². The Balaban J connectivity index is 1.07. The minimum Gasteiger partial charge on any atom is -0.356 e. The van der Waals surface area contributed by atoms with Crippen molar-refractivity contribution in [1.82, 2.24) is 15.3 Å². The van der Waals surface area contributed by atoms with Crippen molar-refractivity contribution in [3.05, 3.63) is 118 Å². The zero-order valence-electron chi connectivity index (χ0n) is 23.2. The molecule has 0 saturated carbocycles. The average molecular weight is 601 g/mol. The molecule has 1 spiro atoms. The number of carbonyl (C=O) groups is 1. The van der Waals surface area contributed by atoms with Crippen molar-refractivity contribution in [3.63, 3.8) is 0 Å². The standard InChI is InChI=1S/C33H33ClN4O3S/c34-29-22-30(38-17-15-33(16-18-38)40-19-20-41-33)37-32(36-29)42-23-25-11-13-27(14-12-25)31(39)35-28(26-9-5-2-6-10-26)21-24-7-3-1-4-8-24/h1-14,22,28H,15-21,23H2,(H,35,39). The second kappa shape index (κ2) is 13.3. The first-order valence-corrected chi connectivity index (χ1v) is 15.6. The summed E-state index contributed by atoms with van der Waals surface area (Å²) in [6.45, 7) is 2.90. The van der Waals surface area contributed by atoms with Crippen molar-refractivity contribution in [2.24, 2.45) is 0 Å². The van der Waals surface area contributed by atoms with E-state index in [0.29, 0.717) is 41.3 Å². The Labute approximate surface area is 255 Å². The second-order valence-electron chi connectivity index (χ2n) is 10.5. The molecule has 42 heavy (non-hydrogen) atoms. The summed E-state index contributed by atoms with van der Waals surface area (Å²) in [4.78, 5) is 24.7. The maximum atomic E-state index is 13.2. The lowest BCUT2D eigenvalue weighted by Crippen LogP contribution is -2.45. The first kappa shape index (κ1) is 28.7. The Morgan fingerprint density at radius 3 is 2.26 bits per heavy atom. The van der Waals surface area contributed by atoms with Crippen LogP contribution in [0.1, 0.15) is 45.9 Å². The molecule has 0 bridgehead atoms. The van der Waals surface area contributed by atoms with Gasteiger partial charge < -0.3 is 19.7 Å². The van der Waals surface area contributed by atoms with E-state index in [1.807, 2.05) is 66.7 Å². The number of benzene rings is 3. The SMILES string of the molecule is O=C(NC(Cc1ccccc1)c1ccccc1)c1ccc(CSc2nc(Cl)cc(N3CCC4(CC3)OCCO4)n2)cc1. The van der Waals surface area contributed by atoms with Gasteiger partial charge in [0, 0.05) is 43.3 Å². The van der Waals surface area contributed by atoms with Crippen LogP contribution in [0.15, 0.2) is 96.2 Å². The van der Waals surface area contributed by atoms with Gasteiger partial charge in [-0.2, -0.15) is 0 Å². The predicted molar refractivity (Wildman–Crippen MR) is 166 cm³/mol. The maximum Gasteiger partial charge on any atom is 0.251 e. The first-order valence-electron chi connectivity index (χ1n) is 14.2. The lowest BCUT2D eigenvalue weighted by atomic mass is 9.98. The molecule has 0 aliphatic carbocycles. The summed E-state index contributed by atoms with van der Waals surface area (Å²) in [5.41, 5.74) is 3.94. The molecular formula is C33H33ClN4O3S. The molecule has 1 aromatic heterocycles.